The average molecular weight is 97.1 g/mol. The fraction of sp³-hybridized carbons (Fsp3) is 0.250. The van der Waals surface area contributed by atoms with Crippen molar-refractivity contribution in [3.8, 4) is 0 Å². The summed E-state index contributed by atoms with van der Waals surface area (Å²) in [6, 6.07) is 0. The molecular formula is C4H7N3. The Balaban J connectivity index is 3.36. The van der Waals surface area contributed by atoms with E-state index in [0.717, 1.165) is 12.4 Å². The molecule has 0 amide bonds. The molecule has 0 aliphatic rings. The first-order valence-corrected chi connectivity index (χ1v) is 1.88. The predicted octanol–water partition coefficient (Wildman–Crippen LogP) is 0.695. The van der Waals surface area contributed by atoms with Gasteiger partial charge in [0.1, 0.15) is 0 Å². The van der Waals surface area contributed by atoms with Crippen LogP contribution in [0.1, 0.15) is 6.42 Å². The Bertz CT molecular complexity index is 95.1. The van der Waals surface area contributed by atoms with Crippen molar-refractivity contribution in [2.45, 2.75) is 6.42 Å². The fourth-order valence-electron chi connectivity index (χ4n) is 0.169. The second-order valence-corrected chi connectivity index (χ2v) is 1.08. The van der Waals surface area contributed by atoms with Crippen LogP contribution < -0.4 is 0 Å². The first kappa shape index (κ1) is 6.01. The third kappa shape index (κ3) is 2.82. The van der Waals surface area contributed by atoms with E-state index < -0.39 is 0 Å². The van der Waals surface area contributed by atoms with Gasteiger partial charge in [0.2, 0.25) is 0 Å². The molecule has 0 bridgehead atoms. The van der Waals surface area contributed by atoms with Crippen molar-refractivity contribution >= 4 is 18.1 Å². The zero-order valence-electron chi connectivity index (χ0n) is 3.86. The van der Waals surface area contributed by atoms with E-state index in [4.69, 9.17) is 16.2 Å². The largest absolute Gasteiger partial charge is 0.313 e. The van der Waals surface area contributed by atoms with E-state index in [-0.39, 0.29) is 12.1 Å². The summed E-state index contributed by atoms with van der Waals surface area (Å²) in [6.07, 6.45) is 2.32. The minimum absolute atomic E-state index is 0.176. The molecule has 0 fully saturated rings. The highest BCUT2D eigenvalue weighted by Gasteiger charge is 1.81. The Morgan fingerprint density at radius 3 is 2.14 bits per heavy atom. The summed E-state index contributed by atoms with van der Waals surface area (Å²) in [5, 5.41) is 19.7. The number of hydrogen-bond donors (Lipinski definition) is 3. The van der Waals surface area contributed by atoms with Crippen LogP contribution >= 0.6 is 0 Å². The Kier molecular flexibility index (Phi) is 2.76. The molecule has 3 heteroatoms. The molecule has 0 saturated carbocycles. The van der Waals surface area contributed by atoms with Gasteiger partial charge in [-0.2, -0.15) is 0 Å². The van der Waals surface area contributed by atoms with Crippen molar-refractivity contribution in [1.82, 2.24) is 0 Å². The molecule has 0 saturated heterocycles. The van der Waals surface area contributed by atoms with Gasteiger partial charge >= 0.3 is 0 Å². The lowest BCUT2D eigenvalue weighted by atomic mass is 10.3. The maximum absolute atomic E-state index is 6.74. The lowest BCUT2D eigenvalue weighted by Crippen LogP contribution is -1.95. The molecule has 0 aliphatic heterocycles. The highest BCUT2D eigenvalue weighted by atomic mass is 14.5. The molecular weight excluding hydrogens is 90.1 g/mol. The summed E-state index contributed by atoms with van der Waals surface area (Å²) in [6.45, 7) is 0. The van der Waals surface area contributed by atoms with Gasteiger partial charge < -0.3 is 16.2 Å². The van der Waals surface area contributed by atoms with Crippen LogP contribution in [0.2, 0.25) is 0 Å². The van der Waals surface area contributed by atoms with Crippen LogP contribution in [0.5, 0.6) is 0 Å². The first-order valence-electron chi connectivity index (χ1n) is 1.88. The zero-order valence-corrected chi connectivity index (χ0v) is 3.86. The fourth-order valence-corrected chi connectivity index (χ4v) is 0.169. The molecule has 7 heavy (non-hydrogen) atoms. The second-order valence-electron chi connectivity index (χ2n) is 1.08. The van der Waals surface area contributed by atoms with Crippen molar-refractivity contribution in [1.29, 1.82) is 16.2 Å². The maximum atomic E-state index is 6.74. The number of hydrogen-bond acceptors (Lipinski definition) is 3. The highest BCUT2D eigenvalue weighted by Crippen LogP contribution is 1.70. The van der Waals surface area contributed by atoms with E-state index in [0.29, 0.717) is 0 Å². The molecule has 0 aromatic rings. The topological polar surface area (TPSA) is 71.6 Å². The number of nitrogens with one attached hydrogen (secondary N) is 3. The lowest BCUT2D eigenvalue weighted by molar-refractivity contribution is 1.42. The van der Waals surface area contributed by atoms with Crippen LogP contribution in [0, 0.1) is 16.2 Å². The Labute approximate surface area is 41.9 Å². The summed E-state index contributed by atoms with van der Waals surface area (Å²) in [7, 11) is 0. The van der Waals surface area contributed by atoms with Gasteiger partial charge in [0.25, 0.3) is 0 Å². The zero-order chi connectivity index (χ0) is 5.70. The van der Waals surface area contributed by atoms with Crippen molar-refractivity contribution < 1.29 is 0 Å². The summed E-state index contributed by atoms with van der Waals surface area (Å²) >= 11 is 0. The van der Waals surface area contributed by atoms with Gasteiger partial charge in [-0.1, -0.05) is 0 Å². The Hall–Kier alpha value is -0.990. The molecule has 0 atom stereocenters. The second kappa shape index (κ2) is 3.21. The van der Waals surface area contributed by atoms with E-state index in [1.165, 1.54) is 0 Å². The average Bonchev–Trinajstić information content (AvgIpc) is 1.68. The standard InChI is InChI=1S/C4H7N3/c5-2-1-4(7)3-6/h2-3,5-7H,1H2. The summed E-state index contributed by atoms with van der Waals surface area (Å²) < 4.78 is 0. The van der Waals surface area contributed by atoms with Crippen molar-refractivity contribution in [3.63, 3.8) is 0 Å². The molecule has 0 spiro atoms. The minimum atomic E-state index is 0.176. The summed E-state index contributed by atoms with van der Waals surface area (Å²) in [4.78, 5) is 0. The molecule has 3 nitrogen and oxygen atoms in total. The van der Waals surface area contributed by atoms with Crippen molar-refractivity contribution in [3.05, 3.63) is 0 Å². The SMILES string of the molecule is N=CCC(=N)C=N. The van der Waals surface area contributed by atoms with Gasteiger partial charge in [0, 0.05) is 18.9 Å². The molecule has 0 radical (unpaired) electrons. The van der Waals surface area contributed by atoms with E-state index in [2.05, 4.69) is 0 Å². The molecule has 38 valence electrons. The van der Waals surface area contributed by atoms with Gasteiger partial charge in [-0.05, 0) is 0 Å². The van der Waals surface area contributed by atoms with Gasteiger partial charge in [0.05, 0.1) is 5.71 Å². The third-order valence-corrected chi connectivity index (χ3v) is 0.496. The van der Waals surface area contributed by atoms with E-state index in [1.54, 1.807) is 0 Å². The van der Waals surface area contributed by atoms with Crippen LogP contribution in [0.25, 0.3) is 0 Å². The minimum Gasteiger partial charge on any atom is -0.313 e. The highest BCUT2D eigenvalue weighted by molar-refractivity contribution is 6.30. The third-order valence-electron chi connectivity index (χ3n) is 0.496. The van der Waals surface area contributed by atoms with Gasteiger partial charge in [0.15, 0.2) is 0 Å². The quantitative estimate of drug-likeness (QED) is 0.434. The molecule has 0 heterocycles. The van der Waals surface area contributed by atoms with Crippen LogP contribution in [0.3, 0.4) is 0 Å². The predicted molar refractivity (Wildman–Crippen MR) is 29.9 cm³/mol. The smallest absolute Gasteiger partial charge is 0.0542 e. The van der Waals surface area contributed by atoms with Gasteiger partial charge in [-0.3, -0.25) is 0 Å². The lowest BCUT2D eigenvalue weighted by Gasteiger charge is -1.81. The van der Waals surface area contributed by atoms with E-state index in [1.807, 2.05) is 0 Å². The van der Waals surface area contributed by atoms with Gasteiger partial charge in [-0.15, -0.1) is 0 Å². The molecule has 0 rings (SSSR count). The van der Waals surface area contributed by atoms with Crippen molar-refractivity contribution in [2.24, 2.45) is 0 Å². The molecule has 0 aliphatic carbocycles. The van der Waals surface area contributed by atoms with Gasteiger partial charge in [-0.25, -0.2) is 0 Å². The van der Waals surface area contributed by atoms with E-state index in [9.17, 15) is 0 Å². The molecule has 0 unspecified atom stereocenters. The molecule has 0 aromatic heterocycles. The van der Waals surface area contributed by atoms with Crippen LogP contribution in [-0.4, -0.2) is 18.1 Å². The maximum Gasteiger partial charge on any atom is 0.0542 e. The summed E-state index contributed by atoms with van der Waals surface area (Å²) in [5.74, 6) is 0. The van der Waals surface area contributed by atoms with Crippen LogP contribution in [0.4, 0.5) is 0 Å². The molecule has 0 aromatic carbocycles. The van der Waals surface area contributed by atoms with Crippen LogP contribution in [-0.2, 0) is 0 Å². The Morgan fingerprint density at radius 1 is 1.43 bits per heavy atom. The summed E-state index contributed by atoms with van der Waals surface area (Å²) in [5.41, 5.74) is 0.176. The number of rotatable bonds is 3. The Morgan fingerprint density at radius 2 is 2.00 bits per heavy atom. The van der Waals surface area contributed by atoms with Crippen molar-refractivity contribution in [2.75, 3.05) is 0 Å². The van der Waals surface area contributed by atoms with Crippen LogP contribution in [0.15, 0.2) is 0 Å². The van der Waals surface area contributed by atoms with E-state index >= 15 is 0 Å². The molecule has 3 N–H and O–H groups in total. The monoisotopic (exact) mass is 97.1 g/mol. The first-order chi connectivity index (χ1) is 3.31. The normalized spacial score (nSPS) is 7.43.